The van der Waals surface area contributed by atoms with E-state index in [1.807, 2.05) is 0 Å². The molecule has 3 aromatic carbocycles. The molecule has 0 atom stereocenters. The summed E-state index contributed by atoms with van der Waals surface area (Å²) < 4.78 is 32.2. The first-order chi connectivity index (χ1) is 15.1. The molecule has 0 aliphatic heterocycles. The molecule has 0 aliphatic carbocycles. The minimum absolute atomic E-state index is 0.0891. The van der Waals surface area contributed by atoms with Gasteiger partial charge in [-0.2, -0.15) is 4.31 Å². The van der Waals surface area contributed by atoms with Crippen molar-refractivity contribution in [3.05, 3.63) is 98.6 Å². The smallest absolute Gasteiger partial charge is 0.277 e. The fourth-order valence-corrected chi connectivity index (χ4v) is 4.26. The number of benzene rings is 3. The maximum Gasteiger partial charge on any atom is 0.277 e. The van der Waals surface area contributed by atoms with E-state index in [0.717, 1.165) is 12.1 Å². The van der Waals surface area contributed by atoms with Gasteiger partial charge in [-0.25, -0.2) is 8.42 Å². The van der Waals surface area contributed by atoms with Gasteiger partial charge in [-0.05, 0) is 36.4 Å². The summed E-state index contributed by atoms with van der Waals surface area (Å²) >= 11 is 0. The number of hydrogen-bond donors (Lipinski definition) is 0. The number of nitro benzene ring substituents is 2. The van der Waals surface area contributed by atoms with Crippen LogP contribution in [0.4, 0.5) is 17.1 Å². The summed E-state index contributed by atoms with van der Waals surface area (Å²) in [5.41, 5.74) is -2.08. The summed E-state index contributed by atoms with van der Waals surface area (Å²) in [6.07, 6.45) is 0. The molecule has 0 N–H and O–H groups in total. The summed E-state index contributed by atoms with van der Waals surface area (Å²) in [5, 5.41) is 22.4. The average molecular weight is 457 g/mol. The van der Waals surface area contributed by atoms with E-state index in [-0.39, 0.29) is 10.6 Å². The highest BCUT2D eigenvalue weighted by molar-refractivity contribution is 7.93. The molecular weight excluding hydrogens is 442 g/mol. The van der Waals surface area contributed by atoms with Crippen LogP contribution in [0.1, 0.15) is 10.4 Å². The van der Waals surface area contributed by atoms with Crippen LogP contribution in [-0.4, -0.2) is 31.3 Å². The number of rotatable bonds is 7. The Hall–Kier alpha value is -4.32. The third-order valence-corrected chi connectivity index (χ3v) is 6.07. The second-order valence-corrected chi connectivity index (χ2v) is 8.12. The van der Waals surface area contributed by atoms with E-state index in [1.54, 1.807) is 6.07 Å². The van der Waals surface area contributed by atoms with Crippen LogP contribution in [-0.2, 0) is 10.0 Å². The molecule has 0 heterocycles. The number of carbonyl (C=O) groups excluding carboxylic acids is 1. The molecule has 32 heavy (non-hydrogen) atoms. The zero-order valence-corrected chi connectivity index (χ0v) is 17.3. The molecule has 11 nitrogen and oxygen atoms in total. The van der Waals surface area contributed by atoms with Crippen molar-refractivity contribution in [2.24, 2.45) is 0 Å². The molecule has 0 saturated heterocycles. The number of amides is 1. The molecule has 0 unspecified atom stereocenters. The Bertz CT molecular complexity index is 1260. The predicted molar refractivity (Wildman–Crippen MR) is 113 cm³/mol. The van der Waals surface area contributed by atoms with Gasteiger partial charge in [0.2, 0.25) is 0 Å². The predicted octanol–water partition coefficient (Wildman–Crippen LogP) is 3.55. The molecule has 164 valence electrons. The molecule has 0 bridgehead atoms. The maximum atomic E-state index is 13.3. The minimum atomic E-state index is -4.48. The minimum Gasteiger partial charge on any atom is -0.497 e. The van der Waals surface area contributed by atoms with Gasteiger partial charge in [0, 0.05) is 12.1 Å². The van der Waals surface area contributed by atoms with Crippen LogP contribution >= 0.6 is 0 Å². The topological polar surface area (TPSA) is 150 Å². The molecule has 3 aromatic rings. The first-order valence-electron chi connectivity index (χ1n) is 8.88. The Morgan fingerprint density at radius 3 is 1.88 bits per heavy atom. The molecule has 12 heteroatoms. The number of anilines is 1. The number of methoxy groups -OCH3 is 1. The van der Waals surface area contributed by atoms with Gasteiger partial charge in [-0.1, -0.05) is 18.2 Å². The van der Waals surface area contributed by atoms with Crippen LogP contribution in [0, 0.1) is 20.2 Å². The molecular formula is C20H15N3O8S. The Morgan fingerprint density at radius 2 is 1.41 bits per heavy atom. The van der Waals surface area contributed by atoms with Crippen molar-refractivity contribution >= 4 is 33.0 Å². The van der Waals surface area contributed by atoms with Crippen molar-refractivity contribution in [1.82, 2.24) is 0 Å². The van der Waals surface area contributed by atoms with Crippen LogP contribution in [0.5, 0.6) is 5.75 Å². The van der Waals surface area contributed by atoms with E-state index in [0.29, 0.717) is 16.1 Å². The van der Waals surface area contributed by atoms with Crippen molar-refractivity contribution in [2.75, 3.05) is 11.4 Å². The lowest BCUT2D eigenvalue weighted by Gasteiger charge is -2.23. The largest absolute Gasteiger partial charge is 0.497 e. The van der Waals surface area contributed by atoms with Crippen molar-refractivity contribution < 1.29 is 27.8 Å². The SMILES string of the molecule is COc1ccc(N(C(=O)c2cc([N+](=O)[O-])cc([N+](=O)[O-])c2)S(=O)(=O)c2ccccc2)cc1. The maximum absolute atomic E-state index is 13.3. The lowest BCUT2D eigenvalue weighted by molar-refractivity contribution is -0.394. The second kappa shape index (κ2) is 8.81. The zero-order chi connectivity index (χ0) is 23.5. The van der Waals surface area contributed by atoms with Crippen LogP contribution in [0.25, 0.3) is 0 Å². The monoisotopic (exact) mass is 457 g/mol. The van der Waals surface area contributed by atoms with Gasteiger partial charge < -0.3 is 4.74 Å². The van der Waals surface area contributed by atoms with E-state index in [1.165, 1.54) is 55.6 Å². The zero-order valence-electron chi connectivity index (χ0n) is 16.4. The fourth-order valence-electron chi connectivity index (χ4n) is 2.83. The van der Waals surface area contributed by atoms with Crippen LogP contribution in [0.15, 0.2) is 77.7 Å². The molecule has 0 spiro atoms. The Morgan fingerprint density at radius 1 is 0.875 bits per heavy atom. The normalized spacial score (nSPS) is 10.9. The average Bonchev–Trinajstić information content (AvgIpc) is 2.79. The molecule has 0 fully saturated rings. The number of non-ortho nitro benzene ring substituents is 2. The number of nitro groups is 2. The molecule has 0 radical (unpaired) electrons. The summed E-state index contributed by atoms with van der Waals surface area (Å²) in [6, 6.07) is 14.8. The number of carbonyl (C=O) groups is 1. The third kappa shape index (κ3) is 4.39. The fraction of sp³-hybridized carbons (Fsp3) is 0.0500. The second-order valence-electron chi connectivity index (χ2n) is 6.34. The Kier molecular flexibility index (Phi) is 6.16. The lowest BCUT2D eigenvalue weighted by Crippen LogP contribution is -2.37. The summed E-state index contributed by atoms with van der Waals surface area (Å²) in [5.74, 6) is -0.810. The first kappa shape index (κ1) is 22.4. The number of ether oxygens (including phenoxy) is 1. The van der Waals surface area contributed by atoms with Gasteiger partial charge in [0.1, 0.15) is 5.75 Å². The molecule has 0 aliphatic rings. The number of sulfonamides is 1. The molecule has 3 rings (SSSR count). The Balaban J connectivity index is 2.23. The van der Waals surface area contributed by atoms with Crippen LogP contribution in [0.2, 0.25) is 0 Å². The van der Waals surface area contributed by atoms with E-state index >= 15 is 0 Å². The summed E-state index contributed by atoms with van der Waals surface area (Å²) in [4.78, 5) is 33.7. The van der Waals surface area contributed by atoms with Gasteiger partial charge in [-0.15, -0.1) is 0 Å². The van der Waals surface area contributed by atoms with Crippen LogP contribution in [0.3, 0.4) is 0 Å². The van der Waals surface area contributed by atoms with Gasteiger partial charge in [-0.3, -0.25) is 25.0 Å². The van der Waals surface area contributed by atoms with E-state index in [2.05, 4.69) is 0 Å². The highest BCUT2D eigenvalue weighted by atomic mass is 32.2. The van der Waals surface area contributed by atoms with Crippen molar-refractivity contribution in [3.8, 4) is 5.75 Å². The summed E-state index contributed by atoms with van der Waals surface area (Å²) in [7, 11) is -3.08. The number of nitrogens with zero attached hydrogens (tertiary/aromatic N) is 3. The molecule has 0 saturated carbocycles. The van der Waals surface area contributed by atoms with Gasteiger partial charge in [0.15, 0.2) is 0 Å². The highest BCUT2D eigenvalue weighted by Crippen LogP contribution is 2.30. The quantitative estimate of drug-likeness (QED) is 0.386. The highest BCUT2D eigenvalue weighted by Gasteiger charge is 2.33. The summed E-state index contributed by atoms with van der Waals surface area (Å²) in [6.45, 7) is 0. The molecule has 0 aromatic heterocycles. The van der Waals surface area contributed by atoms with E-state index < -0.39 is 42.7 Å². The van der Waals surface area contributed by atoms with E-state index in [9.17, 15) is 33.4 Å². The van der Waals surface area contributed by atoms with Gasteiger partial charge in [0.05, 0.1) is 39.2 Å². The lowest BCUT2D eigenvalue weighted by atomic mass is 10.1. The van der Waals surface area contributed by atoms with Crippen molar-refractivity contribution in [1.29, 1.82) is 0 Å². The van der Waals surface area contributed by atoms with Crippen molar-refractivity contribution in [2.45, 2.75) is 4.90 Å². The molecule has 1 amide bonds. The first-order valence-corrected chi connectivity index (χ1v) is 10.3. The van der Waals surface area contributed by atoms with Crippen LogP contribution < -0.4 is 9.04 Å². The van der Waals surface area contributed by atoms with Gasteiger partial charge >= 0.3 is 0 Å². The Labute approximate surface area is 181 Å². The van der Waals surface area contributed by atoms with E-state index in [4.69, 9.17) is 4.74 Å². The number of hydrogen-bond acceptors (Lipinski definition) is 8. The van der Waals surface area contributed by atoms with Gasteiger partial charge in [0.25, 0.3) is 27.3 Å². The van der Waals surface area contributed by atoms with Crippen molar-refractivity contribution in [3.63, 3.8) is 0 Å². The third-order valence-electron chi connectivity index (χ3n) is 4.34. The standard InChI is InChI=1S/C20H15N3O8S/c1-31-18-9-7-15(8-10-18)21(32(29,30)19-5-3-2-4-6-19)20(24)14-11-16(22(25)26)13-17(12-14)23(27)28/h2-13H,1H3.